The number of aliphatic carboxylic acids is 1. The first kappa shape index (κ1) is 17.8. The van der Waals surface area contributed by atoms with Gasteiger partial charge in [0, 0.05) is 49.9 Å². The molecular formula is C19H24N4O3. The number of anilines is 3. The molecule has 2 aromatic rings. The van der Waals surface area contributed by atoms with Crippen molar-refractivity contribution in [3.05, 3.63) is 42.7 Å². The van der Waals surface area contributed by atoms with Gasteiger partial charge >= 0.3 is 5.97 Å². The third-order valence-corrected chi connectivity index (χ3v) is 4.58. The maximum atomic E-state index is 11.1. The summed E-state index contributed by atoms with van der Waals surface area (Å²) in [4.78, 5) is 19.8. The molecule has 0 aliphatic carbocycles. The molecule has 7 nitrogen and oxygen atoms in total. The number of ether oxygens (including phenoxy) is 1. The third-order valence-electron chi connectivity index (χ3n) is 4.58. The number of carbonyl (C=O) groups is 1. The molecule has 1 aromatic carbocycles. The molecule has 3 rings (SSSR count). The van der Waals surface area contributed by atoms with Crippen LogP contribution in [0.4, 0.5) is 17.1 Å². The van der Waals surface area contributed by atoms with Crippen LogP contribution in [0.3, 0.4) is 0 Å². The standard InChI is InChI=1S/C19H24N4O3/c1-2-17(19(24)25)26-18-4-3-15(13-16(18)20)23-11-9-22(10-12-23)14-5-7-21-8-6-14/h3-8,13,17H,2,9-12,20H2,1H3,(H,24,25). The highest BCUT2D eigenvalue weighted by Crippen LogP contribution is 2.29. The molecule has 1 atom stereocenters. The first-order valence-corrected chi connectivity index (χ1v) is 8.77. The smallest absolute Gasteiger partial charge is 0.344 e. The van der Waals surface area contributed by atoms with E-state index in [1.807, 2.05) is 36.7 Å². The van der Waals surface area contributed by atoms with Gasteiger partial charge in [0.1, 0.15) is 5.75 Å². The van der Waals surface area contributed by atoms with E-state index in [0.29, 0.717) is 17.9 Å². The maximum absolute atomic E-state index is 11.1. The summed E-state index contributed by atoms with van der Waals surface area (Å²) in [6.07, 6.45) is 3.11. The molecule has 3 N–H and O–H groups in total. The molecule has 0 bridgehead atoms. The van der Waals surface area contributed by atoms with Crippen LogP contribution in [0.2, 0.25) is 0 Å². The highest BCUT2D eigenvalue weighted by atomic mass is 16.5. The molecule has 138 valence electrons. The van der Waals surface area contributed by atoms with E-state index < -0.39 is 12.1 Å². The molecule has 1 unspecified atom stereocenters. The summed E-state index contributed by atoms with van der Waals surface area (Å²) in [7, 11) is 0. The largest absolute Gasteiger partial charge is 0.479 e. The summed E-state index contributed by atoms with van der Waals surface area (Å²) in [5.74, 6) is -0.568. The maximum Gasteiger partial charge on any atom is 0.344 e. The van der Waals surface area contributed by atoms with Crippen LogP contribution in [-0.4, -0.2) is 48.3 Å². The van der Waals surface area contributed by atoms with Crippen molar-refractivity contribution in [1.82, 2.24) is 4.98 Å². The van der Waals surface area contributed by atoms with Gasteiger partial charge in [-0.15, -0.1) is 0 Å². The fourth-order valence-corrected chi connectivity index (χ4v) is 3.08. The van der Waals surface area contributed by atoms with Gasteiger partial charge in [-0.3, -0.25) is 4.98 Å². The molecule has 0 amide bonds. The van der Waals surface area contributed by atoms with Gasteiger partial charge in [-0.2, -0.15) is 0 Å². The average molecular weight is 356 g/mol. The van der Waals surface area contributed by atoms with Crippen LogP contribution in [0.25, 0.3) is 0 Å². The van der Waals surface area contributed by atoms with E-state index >= 15 is 0 Å². The molecule has 2 heterocycles. The Hall–Kier alpha value is -2.96. The minimum atomic E-state index is -0.983. The highest BCUT2D eigenvalue weighted by Gasteiger charge is 2.20. The monoisotopic (exact) mass is 356 g/mol. The lowest BCUT2D eigenvalue weighted by Crippen LogP contribution is -2.46. The van der Waals surface area contributed by atoms with Gasteiger partial charge in [-0.1, -0.05) is 6.92 Å². The summed E-state index contributed by atoms with van der Waals surface area (Å²) in [5.41, 5.74) is 8.75. The Morgan fingerprint density at radius 1 is 1.15 bits per heavy atom. The molecule has 1 fully saturated rings. The Morgan fingerprint density at radius 3 is 2.31 bits per heavy atom. The summed E-state index contributed by atoms with van der Waals surface area (Å²) >= 11 is 0. The van der Waals surface area contributed by atoms with Crippen LogP contribution in [0.1, 0.15) is 13.3 Å². The molecular weight excluding hydrogens is 332 g/mol. The van der Waals surface area contributed by atoms with Gasteiger partial charge in [0.05, 0.1) is 5.69 Å². The number of benzene rings is 1. The topological polar surface area (TPSA) is 91.9 Å². The lowest BCUT2D eigenvalue weighted by Gasteiger charge is -2.37. The number of hydrogen-bond acceptors (Lipinski definition) is 6. The van der Waals surface area contributed by atoms with Gasteiger partial charge < -0.3 is 25.4 Å². The van der Waals surface area contributed by atoms with Crippen LogP contribution in [0, 0.1) is 0 Å². The van der Waals surface area contributed by atoms with Gasteiger partial charge in [0.25, 0.3) is 0 Å². The van der Waals surface area contributed by atoms with E-state index in [1.54, 1.807) is 13.0 Å². The van der Waals surface area contributed by atoms with Crippen molar-refractivity contribution >= 4 is 23.0 Å². The van der Waals surface area contributed by atoms with Crippen molar-refractivity contribution in [2.45, 2.75) is 19.4 Å². The van der Waals surface area contributed by atoms with Crippen molar-refractivity contribution in [1.29, 1.82) is 0 Å². The minimum Gasteiger partial charge on any atom is -0.479 e. The van der Waals surface area contributed by atoms with Gasteiger partial charge in [0.2, 0.25) is 0 Å². The zero-order chi connectivity index (χ0) is 18.5. The van der Waals surface area contributed by atoms with Crippen LogP contribution in [-0.2, 0) is 4.79 Å². The Labute approximate surface area is 153 Å². The van der Waals surface area contributed by atoms with Crippen molar-refractivity contribution in [2.24, 2.45) is 0 Å². The zero-order valence-corrected chi connectivity index (χ0v) is 14.8. The average Bonchev–Trinajstić information content (AvgIpc) is 2.67. The molecule has 1 aliphatic heterocycles. The van der Waals surface area contributed by atoms with E-state index in [9.17, 15) is 4.79 Å². The molecule has 1 aromatic heterocycles. The fourth-order valence-electron chi connectivity index (χ4n) is 3.08. The SMILES string of the molecule is CCC(Oc1ccc(N2CCN(c3ccncc3)CC2)cc1N)C(=O)O. The molecule has 1 aliphatic rings. The zero-order valence-electron chi connectivity index (χ0n) is 14.8. The van der Waals surface area contributed by atoms with Crippen molar-refractivity contribution in [3.8, 4) is 5.75 Å². The number of hydrogen-bond donors (Lipinski definition) is 2. The quantitative estimate of drug-likeness (QED) is 0.767. The number of carboxylic acids is 1. The van der Waals surface area contributed by atoms with Crippen LogP contribution < -0.4 is 20.3 Å². The summed E-state index contributed by atoms with van der Waals surface area (Å²) in [6.45, 7) is 5.37. The predicted octanol–water partition coefficient (Wildman–Crippen LogP) is 2.23. The van der Waals surface area contributed by atoms with Crippen LogP contribution in [0.5, 0.6) is 5.75 Å². The third kappa shape index (κ3) is 3.99. The Balaban J connectivity index is 1.64. The van der Waals surface area contributed by atoms with E-state index in [1.165, 1.54) is 5.69 Å². The van der Waals surface area contributed by atoms with Gasteiger partial charge in [-0.05, 0) is 36.8 Å². The van der Waals surface area contributed by atoms with Crippen LogP contribution in [0.15, 0.2) is 42.7 Å². The summed E-state index contributed by atoms with van der Waals surface area (Å²) in [6, 6.07) is 9.58. The number of nitrogens with zero attached hydrogens (tertiary/aromatic N) is 3. The van der Waals surface area contributed by atoms with Gasteiger partial charge in [0.15, 0.2) is 6.10 Å². The molecule has 26 heavy (non-hydrogen) atoms. The van der Waals surface area contributed by atoms with Crippen molar-refractivity contribution in [2.75, 3.05) is 41.7 Å². The fraction of sp³-hybridized carbons (Fsp3) is 0.368. The van der Waals surface area contributed by atoms with Crippen molar-refractivity contribution < 1.29 is 14.6 Å². The second kappa shape index (κ2) is 7.95. The molecule has 1 saturated heterocycles. The number of pyridine rings is 1. The minimum absolute atomic E-state index is 0.382. The van der Waals surface area contributed by atoms with Gasteiger partial charge in [-0.25, -0.2) is 4.79 Å². The second-order valence-electron chi connectivity index (χ2n) is 6.25. The summed E-state index contributed by atoms with van der Waals surface area (Å²) in [5, 5.41) is 9.12. The van der Waals surface area contributed by atoms with E-state index in [4.69, 9.17) is 15.6 Å². The number of carboxylic acid groups (broad SMARTS) is 1. The number of rotatable bonds is 6. The Kier molecular flexibility index (Phi) is 5.46. The number of aromatic nitrogens is 1. The highest BCUT2D eigenvalue weighted by molar-refractivity contribution is 5.73. The number of nitrogens with two attached hydrogens (primary N) is 1. The number of piperazine rings is 1. The predicted molar refractivity (Wildman–Crippen MR) is 102 cm³/mol. The number of nitrogen functional groups attached to an aromatic ring is 1. The molecule has 0 spiro atoms. The molecule has 0 saturated carbocycles. The van der Waals surface area contributed by atoms with Crippen LogP contribution >= 0.6 is 0 Å². The van der Waals surface area contributed by atoms with E-state index in [2.05, 4.69) is 14.8 Å². The Morgan fingerprint density at radius 2 is 1.77 bits per heavy atom. The molecule has 0 radical (unpaired) electrons. The lowest BCUT2D eigenvalue weighted by molar-refractivity contribution is -0.145. The first-order chi connectivity index (χ1) is 12.6. The summed E-state index contributed by atoms with van der Waals surface area (Å²) < 4.78 is 5.52. The van der Waals surface area contributed by atoms with Crippen molar-refractivity contribution in [3.63, 3.8) is 0 Å². The van der Waals surface area contributed by atoms with E-state index in [0.717, 1.165) is 31.9 Å². The molecule has 7 heteroatoms. The lowest BCUT2D eigenvalue weighted by atomic mass is 10.2. The second-order valence-corrected chi connectivity index (χ2v) is 6.25. The first-order valence-electron chi connectivity index (χ1n) is 8.77. The Bertz CT molecular complexity index is 746. The van der Waals surface area contributed by atoms with E-state index in [-0.39, 0.29) is 0 Å². The normalized spacial score (nSPS) is 15.6.